The van der Waals surface area contributed by atoms with E-state index in [-0.39, 0.29) is 0 Å². The molecular weight excluding hydrogens is 352 g/mol. The van der Waals surface area contributed by atoms with E-state index < -0.39 is 10.0 Å². The highest BCUT2D eigenvalue weighted by Gasteiger charge is 2.24. The molecule has 0 saturated heterocycles. The summed E-state index contributed by atoms with van der Waals surface area (Å²) in [6, 6.07) is 5.27. The van der Waals surface area contributed by atoms with Crippen molar-refractivity contribution in [2.75, 3.05) is 18.4 Å². The lowest BCUT2D eigenvalue weighted by Crippen LogP contribution is -2.31. The first kappa shape index (κ1) is 18.3. The summed E-state index contributed by atoms with van der Waals surface area (Å²) in [5.41, 5.74) is 2.05. The van der Waals surface area contributed by atoms with Gasteiger partial charge in [-0.05, 0) is 24.6 Å². The van der Waals surface area contributed by atoms with Crippen LogP contribution in [0, 0.1) is 6.92 Å². The van der Waals surface area contributed by atoms with Crippen LogP contribution in [0.4, 0.5) is 11.5 Å². The molecule has 0 aliphatic rings. The largest absolute Gasteiger partial charge is 0.339 e. The van der Waals surface area contributed by atoms with Gasteiger partial charge < -0.3 is 5.32 Å². The summed E-state index contributed by atoms with van der Waals surface area (Å²) in [7, 11) is -1.74. The van der Waals surface area contributed by atoms with Crippen LogP contribution in [0.2, 0.25) is 0 Å². The van der Waals surface area contributed by atoms with E-state index in [1.165, 1.54) is 10.6 Å². The van der Waals surface area contributed by atoms with E-state index in [0.717, 1.165) is 5.39 Å². The fourth-order valence-corrected chi connectivity index (χ4v) is 4.57. The summed E-state index contributed by atoms with van der Waals surface area (Å²) in [5, 5.41) is 8.14. The normalized spacial score (nSPS) is 12.0. The van der Waals surface area contributed by atoms with Gasteiger partial charge in [-0.25, -0.2) is 18.4 Å². The summed E-state index contributed by atoms with van der Waals surface area (Å²) in [6.07, 6.45) is 3.13. The molecule has 0 saturated carbocycles. The van der Waals surface area contributed by atoms with E-state index in [0.29, 0.717) is 40.7 Å². The van der Waals surface area contributed by atoms with Gasteiger partial charge in [0.2, 0.25) is 10.0 Å². The van der Waals surface area contributed by atoms with E-state index in [1.54, 1.807) is 37.0 Å². The summed E-state index contributed by atoms with van der Waals surface area (Å²) < 4.78 is 28.9. The van der Waals surface area contributed by atoms with Crippen molar-refractivity contribution in [3.05, 3.63) is 36.3 Å². The Morgan fingerprint density at radius 3 is 2.62 bits per heavy atom. The van der Waals surface area contributed by atoms with Gasteiger partial charge in [0.05, 0.1) is 16.5 Å². The highest BCUT2D eigenvalue weighted by atomic mass is 32.2. The number of anilines is 2. The fraction of sp³-hybridized carbons (Fsp3) is 0.353. The second-order valence-electron chi connectivity index (χ2n) is 5.92. The van der Waals surface area contributed by atoms with E-state index in [1.807, 2.05) is 19.9 Å². The number of benzene rings is 1. The fourth-order valence-electron chi connectivity index (χ4n) is 2.86. The van der Waals surface area contributed by atoms with Gasteiger partial charge in [0.15, 0.2) is 5.65 Å². The van der Waals surface area contributed by atoms with Gasteiger partial charge in [0.25, 0.3) is 0 Å². The summed E-state index contributed by atoms with van der Waals surface area (Å²) in [5.74, 6) is 0.582. The molecule has 0 atom stereocenters. The van der Waals surface area contributed by atoms with Crippen molar-refractivity contribution in [1.29, 1.82) is 0 Å². The maximum absolute atomic E-state index is 12.9. The highest BCUT2D eigenvalue weighted by molar-refractivity contribution is 7.89. The minimum Gasteiger partial charge on any atom is -0.339 e. The average molecular weight is 374 g/mol. The number of aromatic nitrogens is 4. The van der Waals surface area contributed by atoms with Crippen molar-refractivity contribution in [3.63, 3.8) is 0 Å². The van der Waals surface area contributed by atoms with Crippen LogP contribution >= 0.6 is 0 Å². The van der Waals surface area contributed by atoms with Crippen LogP contribution in [-0.4, -0.2) is 45.6 Å². The number of rotatable bonds is 6. The van der Waals surface area contributed by atoms with Crippen molar-refractivity contribution >= 4 is 32.6 Å². The molecule has 0 aliphatic heterocycles. The lowest BCUT2D eigenvalue weighted by Gasteiger charge is -2.20. The highest BCUT2D eigenvalue weighted by Crippen LogP contribution is 2.27. The molecule has 0 amide bonds. The average Bonchev–Trinajstić information content (AvgIpc) is 3.00. The predicted octanol–water partition coefficient (Wildman–Crippen LogP) is 2.45. The van der Waals surface area contributed by atoms with Gasteiger partial charge in [0, 0.05) is 25.8 Å². The second kappa shape index (κ2) is 7.00. The second-order valence-corrected chi connectivity index (χ2v) is 7.83. The summed E-state index contributed by atoms with van der Waals surface area (Å²) in [6.45, 7) is 6.32. The van der Waals surface area contributed by atoms with Gasteiger partial charge in [0.1, 0.15) is 12.1 Å². The first-order valence-corrected chi connectivity index (χ1v) is 9.83. The third kappa shape index (κ3) is 3.15. The van der Waals surface area contributed by atoms with Crippen LogP contribution in [-0.2, 0) is 17.1 Å². The zero-order chi connectivity index (χ0) is 18.9. The molecule has 3 rings (SSSR count). The SMILES string of the molecule is CCN(CC)S(=O)(=O)c1cc(Nc2ncnc3c2cnn3C)ccc1C. The number of fused-ring (bicyclic) bond motifs is 1. The van der Waals surface area contributed by atoms with Crippen molar-refractivity contribution in [1.82, 2.24) is 24.1 Å². The lowest BCUT2D eigenvalue weighted by molar-refractivity contribution is 0.445. The van der Waals surface area contributed by atoms with Crippen LogP contribution in [0.1, 0.15) is 19.4 Å². The molecule has 2 heterocycles. The Kier molecular flexibility index (Phi) is 4.92. The number of hydrogen-bond acceptors (Lipinski definition) is 6. The molecular formula is C17H22N6O2S. The summed E-state index contributed by atoms with van der Waals surface area (Å²) in [4.78, 5) is 8.76. The molecule has 0 aliphatic carbocycles. The molecule has 0 spiro atoms. The zero-order valence-corrected chi connectivity index (χ0v) is 16.1. The Labute approximate surface area is 152 Å². The number of sulfonamides is 1. The quantitative estimate of drug-likeness (QED) is 0.712. The van der Waals surface area contributed by atoms with Crippen molar-refractivity contribution in [2.45, 2.75) is 25.7 Å². The third-order valence-electron chi connectivity index (χ3n) is 4.30. The van der Waals surface area contributed by atoms with Gasteiger partial charge in [-0.1, -0.05) is 19.9 Å². The monoisotopic (exact) mass is 374 g/mol. The molecule has 138 valence electrons. The predicted molar refractivity (Wildman–Crippen MR) is 101 cm³/mol. The van der Waals surface area contributed by atoms with Crippen molar-refractivity contribution in [3.8, 4) is 0 Å². The molecule has 1 N–H and O–H groups in total. The van der Waals surface area contributed by atoms with E-state index in [2.05, 4.69) is 20.4 Å². The maximum atomic E-state index is 12.9. The van der Waals surface area contributed by atoms with Crippen LogP contribution in [0.25, 0.3) is 11.0 Å². The standard InChI is InChI=1S/C17H22N6O2S/c1-5-23(6-2)26(24,25)15-9-13(8-7-12(15)3)21-16-14-10-20-22(4)17(14)19-11-18-16/h7-11H,5-6H2,1-4H3,(H,18,19,21). The minimum absolute atomic E-state index is 0.294. The van der Waals surface area contributed by atoms with Gasteiger partial charge in [-0.2, -0.15) is 9.40 Å². The minimum atomic E-state index is -3.54. The smallest absolute Gasteiger partial charge is 0.243 e. The van der Waals surface area contributed by atoms with E-state index >= 15 is 0 Å². The Morgan fingerprint density at radius 1 is 1.19 bits per heavy atom. The van der Waals surface area contributed by atoms with Gasteiger partial charge >= 0.3 is 0 Å². The molecule has 3 aromatic rings. The molecule has 0 fully saturated rings. The first-order chi connectivity index (χ1) is 12.4. The van der Waals surface area contributed by atoms with E-state index in [9.17, 15) is 8.42 Å². The molecule has 0 unspecified atom stereocenters. The van der Waals surface area contributed by atoms with Crippen LogP contribution in [0.3, 0.4) is 0 Å². The number of hydrogen-bond donors (Lipinski definition) is 1. The Balaban J connectivity index is 2.02. The van der Waals surface area contributed by atoms with Crippen LogP contribution in [0.15, 0.2) is 35.6 Å². The van der Waals surface area contributed by atoms with Crippen molar-refractivity contribution < 1.29 is 8.42 Å². The van der Waals surface area contributed by atoms with E-state index in [4.69, 9.17) is 0 Å². The topological polar surface area (TPSA) is 93.0 Å². The number of nitrogens with zero attached hydrogens (tertiary/aromatic N) is 5. The number of nitrogens with one attached hydrogen (secondary N) is 1. The van der Waals surface area contributed by atoms with Crippen LogP contribution in [0.5, 0.6) is 0 Å². The molecule has 8 nitrogen and oxygen atoms in total. The Bertz CT molecular complexity index is 1040. The van der Waals surface area contributed by atoms with Gasteiger partial charge in [-0.3, -0.25) is 4.68 Å². The molecule has 2 aromatic heterocycles. The van der Waals surface area contributed by atoms with Gasteiger partial charge in [-0.15, -0.1) is 0 Å². The first-order valence-electron chi connectivity index (χ1n) is 8.39. The number of aryl methyl sites for hydroxylation is 2. The lowest BCUT2D eigenvalue weighted by atomic mass is 10.2. The Hall–Kier alpha value is -2.52. The summed E-state index contributed by atoms with van der Waals surface area (Å²) >= 11 is 0. The molecule has 9 heteroatoms. The van der Waals surface area contributed by atoms with Crippen molar-refractivity contribution in [2.24, 2.45) is 7.05 Å². The third-order valence-corrected chi connectivity index (χ3v) is 6.50. The molecule has 0 bridgehead atoms. The maximum Gasteiger partial charge on any atom is 0.243 e. The zero-order valence-electron chi connectivity index (χ0n) is 15.3. The molecule has 1 aromatic carbocycles. The molecule has 0 radical (unpaired) electrons. The Morgan fingerprint density at radius 2 is 1.92 bits per heavy atom. The molecule has 26 heavy (non-hydrogen) atoms. The van der Waals surface area contributed by atoms with Crippen LogP contribution < -0.4 is 5.32 Å².